The van der Waals surface area contributed by atoms with Gasteiger partial charge in [-0.3, -0.25) is 0 Å². The Morgan fingerprint density at radius 2 is 1.84 bits per heavy atom. The minimum Gasteiger partial charge on any atom is -0.228 e. The Hall–Kier alpha value is -2.00. The van der Waals surface area contributed by atoms with E-state index in [4.69, 9.17) is 11.6 Å². The normalized spacial score (nSPS) is 10.9. The Balaban J connectivity index is 2.28. The summed E-state index contributed by atoms with van der Waals surface area (Å²) in [4.78, 5) is 8.71. The zero-order chi connectivity index (χ0) is 13.4. The van der Waals surface area contributed by atoms with E-state index in [-0.39, 0.29) is 5.82 Å². The van der Waals surface area contributed by atoms with Crippen molar-refractivity contribution < 1.29 is 4.39 Å². The summed E-state index contributed by atoms with van der Waals surface area (Å²) in [6, 6.07) is 12.0. The predicted molar refractivity (Wildman–Crippen MR) is 74.7 cm³/mol. The van der Waals surface area contributed by atoms with Gasteiger partial charge in [-0.05, 0) is 36.8 Å². The fourth-order valence-corrected chi connectivity index (χ4v) is 2.23. The molecule has 2 aromatic carbocycles. The van der Waals surface area contributed by atoms with Crippen molar-refractivity contribution in [2.45, 2.75) is 6.92 Å². The summed E-state index contributed by atoms with van der Waals surface area (Å²) in [5.74, 6) is 0.134. The van der Waals surface area contributed by atoms with Crippen LogP contribution in [-0.2, 0) is 0 Å². The van der Waals surface area contributed by atoms with Crippen LogP contribution in [-0.4, -0.2) is 9.97 Å². The number of aryl methyl sites for hydroxylation is 1. The van der Waals surface area contributed by atoms with Crippen LogP contribution >= 0.6 is 11.6 Å². The number of fused-ring (bicyclic) bond motifs is 1. The molecule has 1 heterocycles. The molecular weight excluding hydrogens is 263 g/mol. The van der Waals surface area contributed by atoms with E-state index in [0.29, 0.717) is 16.5 Å². The van der Waals surface area contributed by atoms with Gasteiger partial charge >= 0.3 is 0 Å². The van der Waals surface area contributed by atoms with Gasteiger partial charge in [0.2, 0.25) is 0 Å². The Morgan fingerprint density at radius 1 is 1.05 bits per heavy atom. The molecule has 0 saturated heterocycles. The van der Waals surface area contributed by atoms with E-state index in [0.717, 1.165) is 16.5 Å². The zero-order valence-electron chi connectivity index (χ0n) is 10.2. The first-order valence-corrected chi connectivity index (χ1v) is 6.22. The van der Waals surface area contributed by atoms with Crippen LogP contribution in [0.25, 0.3) is 22.3 Å². The predicted octanol–water partition coefficient (Wildman–Crippen LogP) is 4.40. The first kappa shape index (κ1) is 12.1. The van der Waals surface area contributed by atoms with E-state index >= 15 is 0 Å². The molecule has 19 heavy (non-hydrogen) atoms. The monoisotopic (exact) mass is 272 g/mol. The van der Waals surface area contributed by atoms with Crippen molar-refractivity contribution in [3.05, 3.63) is 59.0 Å². The molecule has 0 aliphatic heterocycles. The van der Waals surface area contributed by atoms with Gasteiger partial charge in [0.1, 0.15) is 11.0 Å². The first-order valence-electron chi connectivity index (χ1n) is 5.84. The van der Waals surface area contributed by atoms with Crippen LogP contribution in [0.2, 0.25) is 5.15 Å². The average Bonchev–Trinajstić information content (AvgIpc) is 2.41. The van der Waals surface area contributed by atoms with Gasteiger partial charge < -0.3 is 0 Å². The number of hydrogen-bond acceptors (Lipinski definition) is 2. The summed E-state index contributed by atoms with van der Waals surface area (Å²) < 4.78 is 13.4. The lowest BCUT2D eigenvalue weighted by Crippen LogP contribution is -1.94. The first-order chi connectivity index (χ1) is 9.15. The van der Waals surface area contributed by atoms with Crippen molar-refractivity contribution in [1.82, 2.24) is 9.97 Å². The Kier molecular flexibility index (Phi) is 2.91. The zero-order valence-corrected chi connectivity index (χ0v) is 10.9. The topological polar surface area (TPSA) is 25.8 Å². The van der Waals surface area contributed by atoms with E-state index < -0.39 is 0 Å². The molecule has 0 N–H and O–H groups in total. The van der Waals surface area contributed by atoms with Crippen LogP contribution < -0.4 is 0 Å². The molecular formula is C15H10ClFN2. The van der Waals surface area contributed by atoms with Crippen molar-refractivity contribution in [3.63, 3.8) is 0 Å². The molecule has 0 atom stereocenters. The summed E-state index contributed by atoms with van der Waals surface area (Å²) in [6.45, 7) is 1.89. The van der Waals surface area contributed by atoms with Crippen LogP contribution in [0, 0.1) is 12.7 Å². The SMILES string of the molecule is Cc1ccc(F)cc1-c1nc(Cl)c2ccccc2n1. The molecule has 4 heteroatoms. The van der Waals surface area contributed by atoms with Crippen LogP contribution in [0.5, 0.6) is 0 Å². The number of halogens is 2. The van der Waals surface area contributed by atoms with Crippen molar-refractivity contribution in [2.75, 3.05) is 0 Å². The quantitative estimate of drug-likeness (QED) is 0.614. The Morgan fingerprint density at radius 3 is 2.68 bits per heavy atom. The Labute approximate surface area is 114 Å². The standard InChI is InChI=1S/C15H10ClFN2/c1-9-6-7-10(17)8-12(9)15-18-13-5-3-2-4-11(13)14(16)19-15/h2-8H,1H3. The highest BCUT2D eigenvalue weighted by Crippen LogP contribution is 2.26. The molecule has 3 rings (SSSR count). The van der Waals surface area contributed by atoms with Crippen LogP contribution in [0.3, 0.4) is 0 Å². The number of rotatable bonds is 1. The van der Waals surface area contributed by atoms with Gasteiger partial charge in [0, 0.05) is 10.9 Å². The molecule has 0 aliphatic rings. The summed E-state index contributed by atoms with van der Waals surface area (Å²) in [5, 5.41) is 1.17. The second-order valence-electron chi connectivity index (χ2n) is 4.31. The van der Waals surface area contributed by atoms with Gasteiger partial charge in [-0.1, -0.05) is 29.8 Å². The number of nitrogens with zero attached hydrogens (tertiary/aromatic N) is 2. The Bertz CT molecular complexity index is 771. The third-order valence-electron chi connectivity index (χ3n) is 3.00. The number of benzene rings is 2. The molecule has 0 amide bonds. The maximum absolute atomic E-state index is 13.4. The maximum Gasteiger partial charge on any atom is 0.161 e. The molecule has 0 bridgehead atoms. The van der Waals surface area contributed by atoms with Gasteiger partial charge in [-0.2, -0.15) is 0 Å². The molecule has 0 radical (unpaired) electrons. The third-order valence-corrected chi connectivity index (χ3v) is 3.29. The van der Waals surface area contributed by atoms with Gasteiger partial charge in [0.25, 0.3) is 0 Å². The molecule has 3 aromatic rings. The van der Waals surface area contributed by atoms with E-state index in [1.165, 1.54) is 12.1 Å². The maximum atomic E-state index is 13.4. The highest BCUT2D eigenvalue weighted by molar-refractivity contribution is 6.34. The van der Waals surface area contributed by atoms with Crippen molar-refractivity contribution in [3.8, 4) is 11.4 Å². The molecule has 0 fully saturated rings. The molecule has 2 nitrogen and oxygen atoms in total. The van der Waals surface area contributed by atoms with E-state index in [2.05, 4.69) is 9.97 Å². The molecule has 0 spiro atoms. The fourth-order valence-electron chi connectivity index (χ4n) is 1.99. The number of aromatic nitrogens is 2. The van der Waals surface area contributed by atoms with Crippen LogP contribution in [0.4, 0.5) is 4.39 Å². The van der Waals surface area contributed by atoms with Gasteiger partial charge in [0.15, 0.2) is 5.82 Å². The molecule has 0 aliphatic carbocycles. The third kappa shape index (κ3) is 2.17. The largest absolute Gasteiger partial charge is 0.228 e. The summed E-state index contributed by atoms with van der Waals surface area (Å²) in [7, 11) is 0. The van der Waals surface area contributed by atoms with Gasteiger partial charge in [-0.15, -0.1) is 0 Å². The minimum atomic E-state index is -0.312. The lowest BCUT2D eigenvalue weighted by atomic mass is 10.1. The van der Waals surface area contributed by atoms with Crippen molar-refractivity contribution in [2.24, 2.45) is 0 Å². The molecule has 1 aromatic heterocycles. The van der Waals surface area contributed by atoms with E-state index in [1.54, 1.807) is 6.07 Å². The number of hydrogen-bond donors (Lipinski definition) is 0. The summed E-state index contributed by atoms with van der Waals surface area (Å²) in [5.41, 5.74) is 2.32. The smallest absolute Gasteiger partial charge is 0.161 e. The van der Waals surface area contributed by atoms with E-state index in [1.807, 2.05) is 31.2 Å². The summed E-state index contributed by atoms with van der Waals surface area (Å²) in [6.07, 6.45) is 0. The van der Waals surface area contributed by atoms with Gasteiger partial charge in [0.05, 0.1) is 5.52 Å². The van der Waals surface area contributed by atoms with Gasteiger partial charge in [-0.25, -0.2) is 14.4 Å². The lowest BCUT2D eigenvalue weighted by Gasteiger charge is -2.07. The van der Waals surface area contributed by atoms with Crippen LogP contribution in [0.1, 0.15) is 5.56 Å². The summed E-state index contributed by atoms with van der Waals surface area (Å²) >= 11 is 6.16. The second-order valence-corrected chi connectivity index (χ2v) is 4.67. The lowest BCUT2D eigenvalue weighted by molar-refractivity contribution is 0.628. The van der Waals surface area contributed by atoms with Crippen molar-refractivity contribution >= 4 is 22.5 Å². The molecule has 0 unspecified atom stereocenters. The fraction of sp³-hybridized carbons (Fsp3) is 0.0667. The highest BCUT2D eigenvalue weighted by atomic mass is 35.5. The second kappa shape index (κ2) is 4.59. The van der Waals surface area contributed by atoms with E-state index in [9.17, 15) is 4.39 Å². The van der Waals surface area contributed by atoms with Crippen molar-refractivity contribution in [1.29, 1.82) is 0 Å². The number of para-hydroxylation sites is 1. The average molecular weight is 273 g/mol. The minimum absolute atomic E-state index is 0.312. The highest BCUT2D eigenvalue weighted by Gasteiger charge is 2.10. The molecule has 94 valence electrons. The van der Waals surface area contributed by atoms with Crippen LogP contribution in [0.15, 0.2) is 42.5 Å². The molecule has 0 saturated carbocycles.